The Bertz CT molecular complexity index is 806. The summed E-state index contributed by atoms with van der Waals surface area (Å²) in [6.07, 6.45) is 4.61. The second-order valence-electron chi connectivity index (χ2n) is 7.55. The number of likely N-dealkylation sites (tertiary alicyclic amines) is 1. The third-order valence-electron chi connectivity index (χ3n) is 5.47. The van der Waals surface area contributed by atoms with Crippen LogP contribution in [0, 0.1) is 12.8 Å². The van der Waals surface area contributed by atoms with Crippen LogP contribution in [-0.4, -0.2) is 40.5 Å². The van der Waals surface area contributed by atoms with Crippen LogP contribution >= 0.6 is 0 Å². The lowest BCUT2D eigenvalue weighted by Crippen LogP contribution is -2.43. The monoisotopic (exact) mass is 381 g/mol. The standard InChI is InChI=1S/C22H27N3O3/c1-16-15-20(28-18-7-3-2-4-8-18)24-21(23-16)19-9-5-6-12-25(19)22(26)17-10-13-27-14-11-17/h2-4,7-8,15,17,19H,5-6,9-14H2,1H3. The number of carbonyl (C=O) groups excluding carboxylic acids is 1. The van der Waals surface area contributed by atoms with Crippen LogP contribution in [0.4, 0.5) is 0 Å². The van der Waals surface area contributed by atoms with E-state index in [2.05, 4.69) is 9.97 Å². The van der Waals surface area contributed by atoms with Gasteiger partial charge in [-0.1, -0.05) is 18.2 Å². The number of para-hydroxylation sites is 1. The maximum Gasteiger partial charge on any atom is 0.226 e. The van der Waals surface area contributed by atoms with Gasteiger partial charge in [-0.25, -0.2) is 4.98 Å². The minimum atomic E-state index is -0.0814. The molecule has 148 valence electrons. The number of aromatic nitrogens is 2. The Hall–Kier alpha value is -2.47. The lowest BCUT2D eigenvalue weighted by Gasteiger charge is -2.37. The summed E-state index contributed by atoms with van der Waals surface area (Å²) in [5, 5.41) is 0. The highest BCUT2D eigenvalue weighted by atomic mass is 16.5. The molecule has 2 aliphatic rings. The van der Waals surface area contributed by atoms with Crippen molar-refractivity contribution in [2.75, 3.05) is 19.8 Å². The molecular formula is C22H27N3O3. The molecule has 4 rings (SSSR count). The normalized spacial score (nSPS) is 20.8. The van der Waals surface area contributed by atoms with Crippen LogP contribution in [0.15, 0.2) is 36.4 Å². The summed E-state index contributed by atoms with van der Waals surface area (Å²) >= 11 is 0. The van der Waals surface area contributed by atoms with E-state index in [0.717, 1.165) is 50.1 Å². The van der Waals surface area contributed by atoms with E-state index in [1.807, 2.05) is 48.2 Å². The highest BCUT2D eigenvalue weighted by Crippen LogP contribution is 2.33. The Morgan fingerprint density at radius 1 is 1.11 bits per heavy atom. The van der Waals surface area contributed by atoms with E-state index in [1.54, 1.807) is 0 Å². The maximum atomic E-state index is 13.2. The maximum absolute atomic E-state index is 13.2. The molecule has 1 unspecified atom stereocenters. The van der Waals surface area contributed by atoms with Gasteiger partial charge in [0.1, 0.15) is 5.75 Å². The molecule has 2 saturated heterocycles. The van der Waals surface area contributed by atoms with Crippen LogP contribution in [-0.2, 0) is 9.53 Å². The number of hydrogen-bond acceptors (Lipinski definition) is 5. The van der Waals surface area contributed by atoms with Crippen molar-refractivity contribution in [1.29, 1.82) is 0 Å². The third kappa shape index (κ3) is 4.33. The molecule has 0 spiro atoms. The number of nitrogens with zero attached hydrogens (tertiary/aromatic N) is 3. The molecule has 0 radical (unpaired) electrons. The van der Waals surface area contributed by atoms with Crippen molar-refractivity contribution < 1.29 is 14.3 Å². The molecule has 0 aliphatic carbocycles. The van der Waals surface area contributed by atoms with Crippen molar-refractivity contribution in [3.05, 3.63) is 47.9 Å². The topological polar surface area (TPSA) is 64.5 Å². The average Bonchev–Trinajstić information content (AvgIpc) is 2.74. The van der Waals surface area contributed by atoms with Crippen LogP contribution in [0.3, 0.4) is 0 Å². The van der Waals surface area contributed by atoms with Crippen LogP contribution in [0.5, 0.6) is 11.6 Å². The summed E-state index contributed by atoms with van der Waals surface area (Å²) in [5.41, 5.74) is 0.847. The minimum absolute atomic E-state index is 0.0548. The first-order valence-electron chi connectivity index (χ1n) is 10.2. The van der Waals surface area contributed by atoms with E-state index < -0.39 is 0 Å². The quantitative estimate of drug-likeness (QED) is 0.799. The number of carbonyl (C=O) groups is 1. The zero-order chi connectivity index (χ0) is 19.3. The fraction of sp³-hybridized carbons (Fsp3) is 0.500. The van der Waals surface area contributed by atoms with Crippen LogP contribution in [0.25, 0.3) is 0 Å². The Morgan fingerprint density at radius 2 is 1.89 bits per heavy atom. The van der Waals surface area contributed by atoms with Crippen molar-refractivity contribution in [2.45, 2.75) is 45.1 Å². The molecule has 0 N–H and O–H groups in total. The number of rotatable bonds is 4. The summed E-state index contributed by atoms with van der Waals surface area (Å²) in [5.74, 6) is 2.23. The fourth-order valence-electron chi connectivity index (χ4n) is 4.02. The Kier molecular flexibility index (Phi) is 5.86. The molecule has 1 atom stereocenters. The highest BCUT2D eigenvalue weighted by Gasteiger charge is 2.34. The molecule has 2 aliphatic heterocycles. The second-order valence-corrected chi connectivity index (χ2v) is 7.55. The minimum Gasteiger partial charge on any atom is -0.439 e. The number of benzene rings is 1. The van der Waals surface area contributed by atoms with Crippen molar-refractivity contribution in [1.82, 2.24) is 14.9 Å². The zero-order valence-electron chi connectivity index (χ0n) is 16.3. The first-order chi connectivity index (χ1) is 13.7. The van der Waals surface area contributed by atoms with E-state index in [-0.39, 0.29) is 17.9 Å². The van der Waals surface area contributed by atoms with Gasteiger partial charge in [-0.3, -0.25) is 4.79 Å². The van der Waals surface area contributed by atoms with Crippen LogP contribution in [0.1, 0.15) is 49.7 Å². The Balaban J connectivity index is 1.57. The van der Waals surface area contributed by atoms with E-state index in [9.17, 15) is 4.79 Å². The lowest BCUT2D eigenvalue weighted by molar-refractivity contribution is -0.142. The lowest BCUT2D eigenvalue weighted by atomic mass is 9.94. The van der Waals surface area contributed by atoms with Gasteiger partial charge in [0.05, 0.1) is 6.04 Å². The first-order valence-corrected chi connectivity index (χ1v) is 10.2. The Morgan fingerprint density at radius 3 is 2.68 bits per heavy atom. The molecule has 2 aromatic rings. The van der Waals surface area contributed by atoms with Crippen molar-refractivity contribution in [2.24, 2.45) is 5.92 Å². The van der Waals surface area contributed by atoms with Gasteiger partial charge in [0.2, 0.25) is 11.8 Å². The predicted molar refractivity (Wildman–Crippen MR) is 105 cm³/mol. The highest BCUT2D eigenvalue weighted by molar-refractivity contribution is 5.79. The van der Waals surface area contributed by atoms with Gasteiger partial charge in [-0.05, 0) is 51.2 Å². The van der Waals surface area contributed by atoms with Gasteiger partial charge in [0.15, 0.2) is 5.82 Å². The molecule has 1 aromatic heterocycles. The molecule has 2 fully saturated rings. The van der Waals surface area contributed by atoms with E-state index in [4.69, 9.17) is 9.47 Å². The van der Waals surface area contributed by atoms with Crippen LogP contribution < -0.4 is 4.74 Å². The largest absolute Gasteiger partial charge is 0.439 e. The molecule has 3 heterocycles. The number of aryl methyl sites for hydroxylation is 1. The van der Waals surface area contributed by atoms with E-state index in [1.165, 1.54) is 0 Å². The second kappa shape index (κ2) is 8.69. The molecule has 28 heavy (non-hydrogen) atoms. The molecule has 0 saturated carbocycles. The van der Waals surface area contributed by atoms with Gasteiger partial charge in [-0.15, -0.1) is 0 Å². The smallest absolute Gasteiger partial charge is 0.226 e. The molecule has 0 bridgehead atoms. The molecule has 1 aromatic carbocycles. The molecule has 6 nitrogen and oxygen atoms in total. The van der Waals surface area contributed by atoms with Gasteiger partial charge in [0.25, 0.3) is 0 Å². The number of ether oxygens (including phenoxy) is 2. The van der Waals surface area contributed by atoms with Crippen molar-refractivity contribution in [3.63, 3.8) is 0 Å². The summed E-state index contributed by atoms with van der Waals surface area (Å²) in [7, 11) is 0. The summed E-state index contributed by atoms with van der Waals surface area (Å²) in [6.45, 7) is 4.05. The summed E-state index contributed by atoms with van der Waals surface area (Å²) in [4.78, 5) is 24.5. The van der Waals surface area contributed by atoms with Gasteiger partial charge < -0.3 is 14.4 Å². The van der Waals surface area contributed by atoms with Crippen molar-refractivity contribution in [3.8, 4) is 11.6 Å². The molecule has 6 heteroatoms. The van der Waals surface area contributed by atoms with E-state index >= 15 is 0 Å². The zero-order valence-corrected chi connectivity index (χ0v) is 16.3. The summed E-state index contributed by atoms with van der Waals surface area (Å²) < 4.78 is 11.4. The fourth-order valence-corrected chi connectivity index (χ4v) is 4.02. The van der Waals surface area contributed by atoms with Gasteiger partial charge in [-0.2, -0.15) is 4.98 Å². The summed E-state index contributed by atoms with van der Waals surface area (Å²) in [6, 6.07) is 11.4. The van der Waals surface area contributed by atoms with Gasteiger partial charge >= 0.3 is 0 Å². The Labute approximate surface area is 165 Å². The average molecular weight is 381 g/mol. The van der Waals surface area contributed by atoms with Crippen LogP contribution in [0.2, 0.25) is 0 Å². The number of hydrogen-bond donors (Lipinski definition) is 0. The molecular weight excluding hydrogens is 354 g/mol. The van der Waals surface area contributed by atoms with Crippen molar-refractivity contribution >= 4 is 5.91 Å². The van der Waals surface area contributed by atoms with E-state index in [0.29, 0.717) is 24.9 Å². The first kappa shape index (κ1) is 18.9. The SMILES string of the molecule is Cc1cc(Oc2ccccc2)nc(C2CCCCN2C(=O)C2CCOCC2)n1. The molecule has 1 amide bonds. The number of amides is 1. The third-order valence-corrected chi connectivity index (χ3v) is 5.47. The predicted octanol–water partition coefficient (Wildman–Crippen LogP) is 4.06. The number of piperidine rings is 1. The van der Waals surface area contributed by atoms with Gasteiger partial charge in [0, 0.05) is 37.4 Å².